The number of hydrogen-bond acceptors (Lipinski definition) is 4. The molecule has 9 nitrogen and oxygen atoms in total. The first kappa shape index (κ1) is 23.5. The predicted octanol–water partition coefficient (Wildman–Crippen LogP) is 1.61. The second-order valence-electron chi connectivity index (χ2n) is 8.52. The van der Waals surface area contributed by atoms with E-state index < -0.39 is 25.3 Å². The molecule has 0 saturated carbocycles. The topological polar surface area (TPSA) is 144 Å². The Balaban J connectivity index is 1.75. The van der Waals surface area contributed by atoms with Crippen molar-refractivity contribution in [2.45, 2.75) is 57.4 Å². The molecule has 0 aliphatic carbocycles. The largest absolute Gasteiger partial charge is 0.361 e. The van der Waals surface area contributed by atoms with Crippen molar-refractivity contribution in [2.75, 3.05) is 6.54 Å². The van der Waals surface area contributed by atoms with Gasteiger partial charge in [-0.1, -0.05) is 32.0 Å². The standard InChI is InChI=1S/C21H31N4O5P/c1-13(2)10-18(24-20(26)17-8-5-9-22-17)21(27)25-19(31(28,29)30)11-14-12-23-16-7-4-3-6-15(14)16/h3-4,6-7,12-13,17-19,22-23H,5,8-11H2,1-2H3,(H,24,26)(H,25,27)(H2,28,29,30)/t17-,18+,19-/m1/s1. The van der Waals surface area contributed by atoms with Crippen molar-refractivity contribution in [2.24, 2.45) is 5.92 Å². The fraction of sp³-hybridized carbons (Fsp3) is 0.524. The third kappa shape index (κ3) is 6.17. The Bertz CT molecular complexity index is 964. The lowest BCUT2D eigenvalue weighted by Crippen LogP contribution is -2.53. The molecule has 2 amide bonds. The van der Waals surface area contributed by atoms with E-state index in [-0.39, 0.29) is 24.3 Å². The van der Waals surface area contributed by atoms with E-state index in [1.807, 2.05) is 38.1 Å². The fourth-order valence-electron chi connectivity index (χ4n) is 3.91. The third-order valence-electron chi connectivity index (χ3n) is 5.52. The third-order valence-corrected chi connectivity index (χ3v) is 6.64. The van der Waals surface area contributed by atoms with Crippen molar-refractivity contribution in [3.63, 3.8) is 0 Å². The van der Waals surface area contributed by atoms with Crippen molar-refractivity contribution < 1.29 is 23.9 Å². The number of amides is 2. The van der Waals surface area contributed by atoms with Crippen molar-refractivity contribution in [1.29, 1.82) is 0 Å². The highest BCUT2D eigenvalue weighted by Gasteiger charge is 2.34. The zero-order valence-corrected chi connectivity index (χ0v) is 18.7. The first-order valence-corrected chi connectivity index (χ1v) is 12.3. The van der Waals surface area contributed by atoms with Gasteiger partial charge in [-0.25, -0.2) is 0 Å². The Morgan fingerprint density at radius 3 is 2.61 bits per heavy atom. The van der Waals surface area contributed by atoms with Gasteiger partial charge < -0.3 is 30.7 Å². The monoisotopic (exact) mass is 450 g/mol. The van der Waals surface area contributed by atoms with Crippen molar-refractivity contribution in [1.82, 2.24) is 20.9 Å². The van der Waals surface area contributed by atoms with Crippen LogP contribution >= 0.6 is 7.60 Å². The molecule has 0 bridgehead atoms. The van der Waals surface area contributed by atoms with Gasteiger partial charge in [-0.15, -0.1) is 0 Å². The van der Waals surface area contributed by atoms with Gasteiger partial charge in [-0.3, -0.25) is 14.2 Å². The van der Waals surface area contributed by atoms with E-state index >= 15 is 0 Å². The lowest BCUT2D eigenvalue weighted by molar-refractivity contribution is -0.130. The maximum absolute atomic E-state index is 13.0. The maximum atomic E-state index is 13.0. The van der Waals surface area contributed by atoms with Gasteiger partial charge >= 0.3 is 7.60 Å². The number of para-hydroxylation sites is 1. The summed E-state index contributed by atoms with van der Waals surface area (Å²) >= 11 is 0. The predicted molar refractivity (Wildman–Crippen MR) is 118 cm³/mol. The lowest BCUT2D eigenvalue weighted by atomic mass is 10.0. The molecule has 3 rings (SSSR count). The maximum Gasteiger partial charge on any atom is 0.347 e. The Morgan fingerprint density at radius 2 is 1.97 bits per heavy atom. The molecule has 0 spiro atoms. The minimum atomic E-state index is -4.65. The molecule has 1 fully saturated rings. The van der Waals surface area contributed by atoms with Gasteiger partial charge in [0.1, 0.15) is 11.8 Å². The first-order valence-electron chi connectivity index (χ1n) is 10.6. The fourth-order valence-corrected chi connectivity index (χ4v) is 4.64. The zero-order chi connectivity index (χ0) is 22.6. The van der Waals surface area contributed by atoms with Crippen LogP contribution in [0.2, 0.25) is 0 Å². The number of aromatic nitrogens is 1. The minimum Gasteiger partial charge on any atom is -0.361 e. The quantitative estimate of drug-likeness (QED) is 0.320. The smallest absolute Gasteiger partial charge is 0.347 e. The van der Waals surface area contributed by atoms with Gasteiger partial charge in [0.05, 0.1) is 6.04 Å². The molecule has 10 heteroatoms. The highest BCUT2D eigenvalue weighted by molar-refractivity contribution is 7.52. The van der Waals surface area contributed by atoms with Gasteiger partial charge in [0, 0.05) is 23.5 Å². The summed E-state index contributed by atoms with van der Waals surface area (Å²) in [5.41, 5.74) is 1.55. The Morgan fingerprint density at radius 1 is 1.23 bits per heavy atom. The average Bonchev–Trinajstić information content (AvgIpc) is 3.36. The van der Waals surface area contributed by atoms with Gasteiger partial charge in [-0.2, -0.15) is 0 Å². The molecule has 1 saturated heterocycles. The summed E-state index contributed by atoms with van der Waals surface area (Å²) in [5.74, 6) is -2.14. The van der Waals surface area contributed by atoms with Crippen molar-refractivity contribution in [3.8, 4) is 0 Å². The molecule has 1 aliphatic rings. The molecular weight excluding hydrogens is 419 g/mol. The first-order chi connectivity index (χ1) is 14.6. The Labute approximate surface area is 181 Å². The molecule has 3 atom stereocenters. The number of fused-ring (bicyclic) bond motifs is 1. The number of rotatable bonds is 9. The SMILES string of the molecule is CC(C)C[C@H](NC(=O)[C@H]1CCCN1)C(=O)N[C@@H](Cc1c[nH]c2ccccc12)P(=O)(O)O. The van der Waals surface area contributed by atoms with Crippen LogP contribution in [0, 0.1) is 5.92 Å². The molecule has 170 valence electrons. The van der Waals surface area contributed by atoms with E-state index in [0.29, 0.717) is 18.4 Å². The highest BCUT2D eigenvalue weighted by atomic mass is 31.2. The number of carbonyl (C=O) groups excluding carboxylic acids is 2. The molecule has 0 unspecified atom stereocenters. The molecule has 2 heterocycles. The van der Waals surface area contributed by atoms with Crippen LogP contribution in [0.5, 0.6) is 0 Å². The van der Waals surface area contributed by atoms with Crippen LogP contribution < -0.4 is 16.0 Å². The molecule has 31 heavy (non-hydrogen) atoms. The number of nitrogens with one attached hydrogen (secondary N) is 4. The minimum absolute atomic E-state index is 0.0352. The van der Waals surface area contributed by atoms with Crippen LogP contribution in [-0.2, 0) is 20.6 Å². The number of carbonyl (C=O) groups is 2. The van der Waals surface area contributed by atoms with E-state index in [9.17, 15) is 23.9 Å². The molecule has 0 radical (unpaired) electrons. The summed E-state index contributed by atoms with van der Waals surface area (Å²) in [6, 6.07) is 6.23. The summed E-state index contributed by atoms with van der Waals surface area (Å²) in [7, 11) is -4.65. The van der Waals surface area contributed by atoms with E-state index in [1.165, 1.54) is 0 Å². The lowest BCUT2D eigenvalue weighted by Gasteiger charge is -2.26. The summed E-state index contributed by atoms with van der Waals surface area (Å²) in [6.45, 7) is 4.60. The van der Waals surface area contributed by atoms with Crippen LogP contribution in [0.25, 0.3) is 10.9 Å². The normalized spacial score (nSPS) is 18.8. The second kappa shape index (κ2) is 9.96. The summed E-state index contributed by atoms with van der Waals surface area (Å²) < 4.78 is 12.2. The zero-order valence-electron chi connectivity index (χ0n) is 17.8. The Kier molecular flexibility index (Phi) is 7.54. The van der Waals surface area contributed by atoms with E-state index in [4.69, 9.17) is 0 Å². The van der Waals surface area contributed by atoms with E-state index in [1.54, 1.807) is 6.20 Å². The van der Waals surface area contributed by atoms with Crippen LogP contribution in [0.3, 0.4) is 0 Å². The molecule has 2 aromatic rings. The van der Waals surface area contributed by atoms with Crippen molar-refractivity contribution in [3.05, 3.63) is 36.0 Å². The second-order valence-corrected chi connectivity index (χ2v) is 10.3. The Hall–Kier alpha value is -2.19. The number of aromatic amines is 1. The van der Waals surface area contributed by atoms with Gasteiger partial charge in [0.15, 0.2) is 0 Å². The highest BCUT2D eigenvalue weighted by Crippen LogP contribution is 2.42. The summed E-state index contributed by atoms with van der Waals surface area (Å²) in [6.07, 6.45) is 3.62. The number of benzene rings is 1. The van der Waals surface area contributed by atoms with Crippen molar-refractivity contribution >= 4 is 30.3 Å². The van der Waals surface area contributed by atoms with Gasteiger partial charge in [0.25, 0.3) is 0 Å². The van der Waals surface area contributed by atoms with Crippen LogP contribution in [0.15, 0.2) is 30.5 Å². The summed E-state index contributed by atoms with van der Waals surface area (Å²) in [5, 5.41) is 9.21. The van der Waals surface area contributed by atoms with Crippen LogP contribution in [-0.4, -0.2) is 51.0 Å². The van der Waals surface area contributed by atoms with E-state index in [0.717, 1.165) is 23.9 Å². The van der Waals surface area contributed by atoms with Crippen LogP contribution in [0.1, 0.15) is 38.7 Å². The molecular formula is C21H31N4O5P. The number of H-pyrrole nitrogens is 1. The van der Waals surface area contributed by atoms with E-state index in [2.05, 4.69) is 20.9 Å². The molecule has 1 aromatic heterocycles. The molecule has 1 aromatic carbocycles. The molecule has 1 aliphatic heterocycles. The van der Waals surface area contributed by atoms with Gasteiger partial charge in [0.2, 0.25) is 11.8 Å². The van der Waals surface area contributed by atoms with Crippen LogP contribution in [0.4, 0.5) is 0 Å². The van der Waals surface area contributed by atoms with Gasteiger partial charge in [-0.05, 0) is 43.4 Å². The average molecular weight is 450 g/mol. The number of hydrogen-bond donors (Lipinski definition) is 6. The molecule has 6 N–H and O–H groups in total. The summed E-state index contributed by atoms with van der Waals surface area (Å²) in [4.78, 5) is 48.4.